The molecule has 0 aliphatic carbocycles. The first-order chi connectivity index (χ1) is 12.5. The van der Waals surface area contributed by atoms with Gasteiger partial charge in [-0.15, -0.1) is 0 Å². The van der Waals surface area contributed by atoms with Crippen molar-refractivity contribution in [3.05, 3.63) is 65.7 Å². The fourth-order valence-corrected chi connectivity index (χ4v) is 2.87. The van der Waals surface area contributed by atoms with Gasteiger partial charge in [0.05, 0.1) is 12.8 Å². The Hall–Kier alpha value is -3.32. The van der Waals surface area contributed by atoms with Gasteiger partial charge in [0.25, 0.3) is 0 Å². The highest BCUT2D eigenvalue weighted by Crippen LogP contribution is 2.32. The maximum Gasteiger partial charge on any atom is 0.142 e. The first kappa shape index (κ1) is 17.5. The summed E-state index contributed by atoms with van der Waals surface area (Å²) in [6.07, 6.45) is 0. The Morgan fingerprint density at radius 2 is 1.62 bits per heavy atom. The molecule has 0 amide bonds. The quantitative estimate of drug-likeness (QED) is 0.723. The zero-order valence-corrected chi connectivity index (χ0v) is 15.2. The van der Waals surface area contributed by atoms with Crippen molar-refractivity contribution in [2.45, 2.75) is 19.8 Å². The Bertz CT molecular complexity index is 952. The molecule has 0 saturated heterocycles. The summed E-state index contributed by atoms with van der Waals surface area (Å²) in [5, 5.41) is 9.55. The van der Waals surface area contributed by atoms with Crippen molar-refractivity contribution in [1.29, 1.82) is 5.26 Å². The molecule has 0 bridgehead atoms. The van der Waals surface area contributed by atoms with Crippen LogP contribution in [0.3, 0.4) is 0 Å². The molecule has 1 aromatic heterocycles. The van der Waals surface area contributed by atoms with Crippen LogP contribution in [0.2, 0.25) is 0 Å². The molecule has 2 aromatic carbocycles. The number of nitriles is 1. The number of pyridine rings is 1. The molecule has 0 unspecified atom stereocenters. The fraction of sp³-hybridized carbons (Fsp3) is 0.182. The number of benzene rings is 2. The van der Waals surface area contributed by atoms with Crippen LogP contribution in [0.4, 0.5) is 5.82 Å². The molecular weight excluding hydrogens is 322 g/mol. The van der Waals surface area contributed by atoms with Crippen LogP contribution in [0.15, 0.2) is 54.6 Å². The van der Waals surface area contributed by atoms with E-state index in [9.17, 15) is 5.26 Å². The van der Waals surface area contributed by atoms with Gasteiger partial charge >= 0.3 is 0 Å². The van der Waals surface area contributed by atoms with Crippen LogP contribution in [0.1, 0.15) is 30.9 Å². The van der Waals surface area contributed by atoms with Gasteiger partial charge in [-0.1, -0.05) is 38.1 Å². The first-order valence-electron chi connectivity index (χ1n) is 8.49. The molecule has 0 saturated carbocycles. The number of ether oxygens (including phenoxy) is 1. The second kappa shape index (κ2) is 7.28. The van der Waals surface area contributed by atoms with Crippen LogP contribution in [0.5, 0.6) is 5.75 Å². The van der Waals surface area contributed by atoms with Gasteiger partial charge in [-0.2, -0.15) is 5.26 Å². The topological polar surface area (TPSA) is 71.9 Å². The molecule has 0 radical (unpaired) electrons. The van der Waals surface area contributed by atoms with Crippen molar-refractivity contribution in [1.82, 2.24) is 4.98 Å². The Balaban J connectivity index is 2.11. The normalized spacial score (nSPS) is 10.6. The third kappa shape index (κ3) is 3.38. The zero-order chi connectivity index (χ0) is 18.7. The van der Waals surface area contributed by atoms with E-state index >= 15 is 0 Å². The maximum absolute atomic E-state index is 9.55. The molecular formula is C22H21N3O. The standard InChI is InChI=1S/C22H21N3O/c1-14(2)15-4-6-16(7-5-15)19-12-21(25-22(24)20(19)13-23)17-8-10-18(26-3)11-9-17/h4-12,14H,1-3H3,(H2,24,25). The highest BCUT2D eigenvalue weighted by molar-refractivity contribution is 5.80. The van der Waals surface area contributed by atoms with Gasteiger partial charge < -0.3 is 10.5 Å². The van der Waals surface area contributed by atoms with Gasteiger partial charge in [0.2, 0.25) is 0 Å². The summed E-state index contributed by atoms with van der Waals surface area (Å²) in [6.45, 7) is 4.31. The minimum Gasteiger partial charge on any atom is -0.497 e. The molecule has 4 nitrogen and oxygen atoms in total. The van der Waals surface area contributed by atoms with Gasteiger partial charge in [0, 0.05) is 11.1 Å². The molecule has 1 heterocycles. The summed E-state index contributed by atoms with van der Waals surface area (Å²) in [6, 6.07) is 20.0. The molecule has 3 aromatic rings. The molecule has 3 rings (SSSR count). The van der Waals surface area contributed by atoms with E-state index in [4.69, 9.17) is 10.5 Å². The summed E-state index contributed by atoms with van der Waals surface area (Å²) in [7, 11) is 1.63. The van der Waals surface area contributed by atoms with Gasteiger partial charge in [0.1, 0.15) is 23.2 Å². The van der Waals surface area contributed by atoms with E-state index in [-0.39, 0.29) is 5.82 Å². The van der Waals surface area contributed by atoms with Crippen LogP contribution in [-0.4, -0.2) is 12.1 Å². The van der Waals surface area contributed by atoms with Crippen molar-refractivity contribution in [2.75, 3.05) is 12.8 Å². The molecule has 0 fully saturated rings. The van der Waals surface area contributed by atoms with E-state index < -0.39 is 0 Å². The third-order valence-electron chi connectivity index (χ3n) is 4.43. The summed E-state index contributed by atoms with van der Waals surface area (Å²) in [4.78, 5) is 4.42. The van der Waals surface area contributed by atoms with Crippen molar-refractivity contribution in [3.63, 3.8) is 0 Å². The van der Waals surface area contributed by atoms with E-state index in [1.54, 1.807) is 7.11 Å². The second-order valence-corrected chi connectivity index (χ2v) is 6.43. The van der Waals surface area contributed by atoms with E-state index in [1.165, 1.54) is 5.56 Å². The smallest absolute Gasteiger partial charge is 0.142 e. The van der Waals surface area contributed by atoms with Crippen molar-refractivity contribution in [3.8, 4) is 34.2 Å². The lowest BCUT2D eigenvalue weighted by Gasteiger charge is -2.12. The van der Waals surface area contributed by atoms with Gasteiger partial charge in [-0.3, -0.25) is 0 Å². The molecule has 130 valence electrons. The number of nitrogens with zero attached hydrogens (tertiary/aromatic N) is 2. The zero-order valence-electron chi connectivity index (χ0n) is 15.2. The minimum atomic E-state index is 0.240. The van der Waals surface area contributed by atoms with Crippen LogP contribution < -0.4 is 10.5 Å². The summed E-state index contributed by atoms with van der Waals surface area (Å²) in [5.41, 5.74) is 11.1. The minimum absolute atomic E-state index is 0.240. The number of anilines is 1. The number of aromatic nitrogens is 1. The average molecular weight is 343 g/mol. The number of nitrogens with two attached hydrogens (primary N) is 1. The summed E-state index contributed by atoms with van der Waals surface area (Å²) < 4.78 is 5.20. The molecule has 4 heteroatoms. The molecule has 26 heavy (non-hydrogen) atoms. The van der Waals surface area contributed by atoms with Gasteiger partial charge in [-0.05, 0) is 47.4 Å². The fourth-order valence-electron chi connectivity index (χ4n) is 2.87. The summed E-state index contributed by atoms with van der Waals surface area (Å²) >= 11 is 0. The maximum atomic E-state index is 9.55. The highest BCUT2D eigenvalue weighted by atomic mass is 16.5. The number of rotatable bonds is 4. The highest BCUT2D eigenvalue weighted by Gasteiger charge is 2.14. The molecule has 0 spiro atoms. The number of methoxy groups -OCH3 is 1. The van der Waals surface area contributed by atoms with E-state index in [2.05, 4.69) is 37.0 Å². The second-order valence-electron chi connectivity index (χ2n) is 6.43. The van der Waals surface area contributed by atoms with Crippen molar-refractivity contribution < 1.29 is 4.74 Å². The largest absolute Gasteiger partial charge is 0.497 e. The van der Waals surface area contributed by atoms with Crippen LogP contribution in [0.25, 0.3) is 22.4 Å². The lowest BCUT2D eigenvalue weighted by atomic mass is 9.95. The Kier molecular flexibility index (Phi) is 4.90. The monoisotopic (exact) mass is 343 g/mol. The third-order valence-corrected chi connectivity index (χ3v) is 4.43. The number of nitrogen functional groups attached to an aromatic ring is 1. The Labute approximate surface area is 153 Å². The molecule has 0 atom stereocenters. The van der Waals surface area contributed by atoms with E-state index in [0.29, 0.717) is 11.5 Å². The molecule has 2 N–H and O–H groups in total. The lowest BCUT2D eigenvalue weighted by molar-refractivity contribution is 0.415. The summed E-state index contributed by atoms with van der Waals surface area (Å²) in [5.74, 6) is 1.47. The predicted octanol–water partition coefficient (Wildman–Crippen LogP) is 5.00. The van der Waals surface area contributed by atoms with E-state index in [1.807, 2.05) is 42.5 Å². The van der Waals surface area contributed by atoms with E-state index in [0.717, 1.165) is 28.1 Å². The van der Waals surface area contributed by atoms with Gasteiger partial charge in [-0.25, -0.2) is 4.98 Å². The Morgan fingerprint density at radius 3 is 2.15 bits per heavy atom. The van der Waals surface area contributed by atoms with Crippen molar-refractivity contribution in [2.24, 2.45) is 0 Å². The first-order valence-corrected chi connectivity index (χ1v) is 8.49. The predicted molar refractivity (Wildman–Crippen MR) is 105 cm³/mol. The molecule has 0 aliphatic rings. The van der Waals surface area contributed by atoms with Crippen LogP contribution in [-0.2, 0) is 0 Å². The lowest BCUT2D eigenvalue weighted by Crippen LogP contribution is -2.00. The number of hydrogen-bond donors (Lipinski definition) is 1. The van der Waals surface area contributed by atoms with Crippen molar-refractivity contribution >= 4 is 5.82 Å². The SMILES string of the molecule is COc1ccc(-c2cc(-c3ccc(C(C)C)cc3)c(C#N)c(N)n2)cc1. The average Bonchev–Trinajstić information content (AvgIpc) is 2.67. The Morgan fingerprint density at radius 1 is 1.00 bits per heavy atom. The van der Waals surface area contributed by atoms with Crippen LogP contribution >= 0.6 is 0 Å². The number of hydrogen-bond acceptors (Lipinski definition) is 4. The molecule has 0 aliphatic heterocycles. The van der Waals surface area contributed by atoms with Crippen LogP contribution in [0, 0.1) is 11.3 Å². The van der Waals surface area contributed by atoms with Gasteiger partial charge in [0.15, 0.2) is 0 Å².